The van der Waals surface area contributed by atoms with Crippen LogP contribution >= 0.6 is 15.9 Å². The van der Waals surface area contributed by atoms with E-state index in [9.17, 15) is 0 Å². The monoisotopic (exact) mass is 345 g/mol. The van der Waals surface area contributed by atoms with E-state index in [2.05, 4.69) is 61.1 Å². The minimum atomic E-state index is 0.783. The van der Waals surface area contributed by atoms with Crippen LogP contribution in [-0.4, -0.2) is 23.1 Å². The van der Waals surface area contributed by atoms with Crippen molar-refractivity contribution in [2.45, 2.75) is 24.6 Å². The molecule has 2 heterocycles. The van der Waals surface area contributed by atoms with E-state index in [1.807, 2.05) is 12.4 Å². The maximum absolute atomic E-state index is 4.47. The van der Waals surface area contributed by atoms with Crippen LogP contribution in [0.4, 0.5) is 5.95 Å². The maximum atomic E-state index is 4.47. The largest absolute Gasteiger partial charge is 0.341 e. The second-order valence-corrected chi connectivity index (χ2v) is 6.21. The third-order valence-corrected chi connectivity index (χ3v) is 4.76. The Balaban J connectivity index is 1.54. The fourth-order valence-electron chi connectivity index (χ4n) is 2.86. The van der Waals surface area contributed by atoms with Crippen LogP contribution in [-0.2, 0) is 11.8 Å². The molecule has 1 fully saturated rings. The standard InChI is InChI=1S/C17H20BrN3/c18-11-16-12-19-17(20-13-16)21-8-6-15(7-9-21)10-14-4-2-1-3-5-14/h1-5,12-13,15H,6-11H2. The van der Waals surface area contributed by atoms with E-state index in [1.54, 1.807) is 0 Å². The van der Waals surface area contributed by atoms with E-state index < -0.39 is 0 Å². The van der Waals surface area contributed by atoms with Crippen LogP contribution in [0.5, 0.6) is 0 Å². The van der Waals surface area contributed by atoms with Crippen LogP contribution in [0.3, 0.4) is 0 Å². The highest BCUT2D eigenvalue weighted by atomic mass is 79.9. The molecule has 21 heavy (non-hydrogen) atoms. The van der Waals surface area contributed by atoms with Crippen LogP contribution in [0.2, 0.25) is 0 Å². The summed E-state index contributed by atoms with van der Waals surface area (Å²) in [5, 5.41) is 0.812. The fourth-order valence-corrected chi connectivity index (χ4v) is 3.15. The van der Waals surface area contributed by atoms with Crippen molar-refractivity contribution in [1.29, 1.82) is 0 Å². The molecule has 1 saturated heterocycles. The van der Waals surface area contributed by atoms with Gasteiger partial charge in [0.1, 0.15) is 0 Å². The Bertz CT molecular complexity index is 548. The van der Waals surface area contributed by atoms with Crippen molar-refractivity contribution in [1.82, 2.24) is 9.97 Å². The van der Waals surface area contributed by atoms with E-state index in [0.717, 1.165) is 35.8 Å². The molecule has 0 amide bonds. The molecule has 0 bridgehead atoms. The van der Waals surface area contributed by atoms with Gasteiger partial charge >= 0.3 is 0 Å². The number of piperidine rings is 1. The summed E-state index contributed by atoms with van der Waals surface area (Å²) >= 11 is 3.42. The second kappa shape index (κ2) is 7.03. The Morgan fingerprint density at radius 2 is 1.67 bits per heavy atom. The number of aromatic nitrogens is 2. The van der Waals surface area contributed by atoms with Crippen LogP contribution in [0, 0.1) is 5.92 Å². The predicted octanol–water partition coefficient (Wildman–Crippen LogP) is 3.83. The fraction of sp³-hybridized carbons (Fsp3) is 0.412. The summed E-state index contributed by atoms with van der Waals surface area (Å²) in [6, 6.07) is 10.8. The molecule has 3 rings (SSSR count). The molecule has 110 valence electrons. The third kappa shape index (κ3) is 3.82. The lowest BCUT2D eigenvalue weighted by Gasteiger charge is -2.32. The minimum absolute atomic E-state index is 0.783. The van der Waals surface area contributed by atoms with Gasteiger partial charge in [-0.05, 0) is 36.3 Å². The first kappa shape index (κ1) is 14.5. The zero-order valence-electron chi connectivity index (χ0n) is 12.1. The molecular weight excluding hydrogens is 326 g/mol. The Labute approximate surface area is 134 Å². The molecule has 1 aliphatic rings. The van der Waals surface area contributed by atoms with Gasteiger partial charge in [0.15, 0.2) is 0 Å². The smallest absolute Gasteiger partial charge is 0.225 e. The minimum Gasteiger partial charge on any atom is -0.341 e. The summed E-state index contributed by atoms with van der Waals surface area (Å²) < 4.78 is 0. The molecule has 1 aromatic carbocycles. The lowest BCUT2D eigenvalue weighted by Crippen LogP contribution is -2.35. The van der Waals surface area contributed by atoms with Crippen LogP contribution in [0.1, 0.15) is 24.0 Å². The molecule has 0 unspecified atom stereocenters. The Kier molecular flexibility index (Phi) is 4.86. The van der Waals surface area contributed by atoms with Gasteiger partial charge in [-0.2, -0.15) is 0 Å². The molecule has 4 heteroatoms. The highest BCUT2D eigenvalue weighted by Crippen LogP contribution is 2.23. The van der Waals surface area contributed by atoms with E-state index in [4.69, 9.17) is 0 Å². The molecule has 0 aliphatic carbocycles. The van der Waals surface area contributed by atoms with Gasteiger partial charge in [0.05, 0.1) is 0 Å². The van der Waals surface area contributed by atoms with Gasteiger partial charge in [-0.25, -0.2) is 9.97 Å². The highest BCUT2D eigenvalue weighted by molar-refractivity contribution is 9.08. The zero-order valence-corrected chi connectivity index (χ0v) is 13.7. The zero-order chi connectivity index (χ0) is 14.5. The number of nitrogens with zero attached hydrogens (tertiary/aromatic N) is 3. The Morgan fingerprint density at radius 3 is 2.29 bits per heavy atom. The summed E-state index contributed by atoms with van der Waals surface area (Å²) in [7, 11) is 0. The molecule has 1 aliphatic heterocycles. The summed E-state index contributed by atoms with van der Waals surface area (Å²) in [4.78, 5) is 11.2. The maximum Gasteiger partial charge on any atom is 0.225 e. The molecule has 0 saturated carbocycles. The van der Waals surface area contributed by atoms with Gasteiger partial charge in [0, 0.05) is 30.8 Å². The molecule has 0 N–H and O–H groups in total. The quantitative estimate of drug-likeness (QED) is 0.788. The lowest BCUT2D eigenvalue weighted by molar-refractivity contribution is 0.400. The van der Waals surface area contributed by atoms with Gasteiger partial charge in [0.25, 0.3) is 0 Å². The van der Waals surface area contributed by atoms with Crippen LogP contribution in [0.15, 0.2) is 42.7 Å². The van der Waals surface area contributed by atoms with Crippen molar-refractivity contribution in [3.63, 3.8) is 0 Å². The lowest BCUT2D eigenvalue weighted by atomic mass is 9.90. The van der Waals surface area contributed by atoms with E-state index >= 15 is 0 Å². The van der Waals surface area contributed by atoms with Gasteiger partial charge in [-0.15, -0.1) is 0 Å². The normalized spacial score (nSPS) is 16.1. The predicted molar refractivity (Wildman–Crippen MR) is 89.7 cm³/mol. The van der Waals surface area contributed by atoms with E-state index in [1.165, 1.54) is 24.8 Å². The van der Waals surface area contributed by atoms with E-state index in [0.29, 0.717) is 0 Å². The van der Waals surface area contributed by atoms with Crippen LogP contribution < -0.4 is 4.90 Å². The number of hydrogen-bond acceptors (Lipinski definition) is 3. The van der Waals surface area contributed by atoms with Gasteiger partial charge in [-0.3, -0.25) is 0 Å². The van der Waals surface area contributed by atoms with Crippen molar-refractivity contribution >= 4 is 21.9 Å². The second-order valence-electron chi connectivity index (χ2n) is 5.65. The summed E-state index contributed by atoms with van der Waals surface area (Å²) in [5.74, 6) is 1.66. The number of alkyl halides is 1. The van der Waals surface area contributed by atoms with Gasteiger partial charge < -0.3 is 4.90 Å². The Morgan fingerprint density at radius 1 is 1.00 bits per heavy atom. The summed E-state index contributed by atoms with van der Waals surface area (Å²) in [6.07, 6.45) is 7.45. The number of hydrogen-bond donors (Lipinski definition) is 0. The van der Waals surface area contributed by atoms with Gasteiger partial charge in [0.2, 0.25) is 5.95 Å². The topological polar surface area (TPSA) is 29.0 Å². The molecule has 3 nitrogen and oxygen atoms in total. The molecule has 1 aromatic heterocycles. The third-order valence-electron chi connectivity index (χ3n) is 4.11. The highest BCUT2D eigenvalue weighted by Gasteiger charge is 2.21. The number of rotatable bonds is 4. The van der Waals surface area contributed by atoms with Crippen molar-refractivity contribution in [3.05, 3.63) is 53.9 Å². The first-order valence-corrected chi connectivity index (χ1v) is 8.63. The van der Waals surface area contributed by atoms with Crippen molar-refractivity contribution in [2.75, 3.05) is 18.0 Å². The van der Waals surface area contributed by atoms with Crippen molar-refractivity contribution in [2.24, 2.45) is 5.92 Å². The van der Waals surface area contributed by atoms with E-state index in [-0.39, 0.29) is 0 Å². The molecular formula is C17H20BrN3. The van der Waals surface area contributed by atoms with Crippen molar-refractivity contribution < 1.29 is 0 Å². The number of anilines is 1. The number of benzene rings is 1. The SMILES string of the molecule is BrCc1cnc(N2CCC(Cc3ccccc3)CC2)nc1. The van der Waals surface area contributed by atoms with Crippen molar-refractivity contribution in [3.8, 4) is 0 Å². The molecule has 0 radical (unpaired) electrons. The van der Waals surface area contributed by atoms with Crippen LogP contribution in [0.25, 0.3) is 0 Å². The number of halogens is 1. The average Bonchev–Trinajstić information content (AvgIpc) is 2.57. The van der Waals surface area contributed by atoms with Gasteiger partial charge in [-0.1, -0.05) is 46.3 Å². The average molecular weight is 346 g/mol. The molecule has 0 spiro atoms. The summed E-state index contributed by atoms with van der Waals surface area (Å²) in [5.41, 5.74) is 2.58. The molecule has 2 aromatic rings. The first-order chi connectivity index (χ1) is 10.3. The molecule has 0 atom stereocenters. The first-order valence-electron chi connectivity index (χ1n) is 7.51. The summed E-state index contributed by atoms with van der Waals surface area (Å²) in [6.45, 7) is 2.12. The Hall–Kier alpha value is -1.42.